The molecule has 0 fully saturated rings. The highest BCUT2D eigenvalue weighted by Gasteiger charge is 2.11. The minimum atomic E-state index is -3.56. The van der Waals surface area contributed by atoms with Crippen molar-refractivity contribution in [2.24, 2.45) is 0 Å². The van der Waals surface area contributed by atoms with E-state index in [1.165, 1.54) is 24.5 Å². The number of hydrogen-bond donors (Lipinski definition) is 2. The van der Waals surface area contributed by atoms with Crippen LogP contribution in [0.1, 0.15) is 17.0 Å². The van der Waals surface area contributed by atoms with Crippen molar-refractivity contribution in [1.29, 1.82) is 0 Å². The van der Waals surface area contributed by atoms with Gasteiger partial charge in [-0.25, -0.2) is 32.5 Å². The van der Waals surface area contributed by atoms with E-state index in [1.54, 1.807) is 18.5 Å². The lowest BCUT2D eigenvalue weighted by molar-refractivity contribution is 0.581. The molecule has 1 aromatic carbocycles. The second kappa shape index (κ2) is 8.44. The van der Waals surface area contributed by atoms with Gasteiger partial charge in [-0.1, -0.05) is 12.1 Å². The van der Waals surface area contributed by atoms with Crippen LogP contribution in [0.2, 0.25) is 0 Å². The first kappa shape index (κ1) is 19.9. The molecule has 3 rings (SSSR count). The Hall–Kier alpha value is -2.85. The molecule has 0 saturated carbocycles. The summed E-state index contributed by atoms with van der Waals surface area (Å²) in [6.45, 7) is 4.37. The molecule has 0 saturated heterocycles. The minimum Gasteiger partial charge on any atom is -0.369 e. The maximum Gasteiger partial charge on any atom is 0.215 e. The van der Waals surface area contributed by atoms with Gasteiger partial charge in [0.1, 0.15) is 30.1 Å². The van der Waals surface area contributed by atoms with Gasteiger partial charge in [0.25, 0.3) is 0 Å². The van der Waals surface area contributed by atoms with Crippen LogP contribution in [-0.2, 0) is 15.8 Å². The normalized spacial score (nSPS) is 11.5. The first-order valence-corrected chi connectivity index (χ1v) is 10.3. The number of nitrogens with zero attached hydrogens (tertiary/aromatic N) is 4. The molecule has 2 N–H and O–H groups in total. The number of imidazole rings is 1. The Bertz CT molecular complexity index is 1070. The zero-order valence-electron chi connectivity index (χ0n) is 15.6. The van der Waals surface area contributed by atoms with E-state index in [1.807, 2.05) is 18.4 Å². The Labute approximate surface area is 162 Å². The number of anilines is 1. The highest BCUT2D eigenvalue weighted by molar-refractivity contribution is 7.88. The number of benzene rings is 1. The zero-order valence-corrected chi connectivity index (χ0v) is 16.4. The van der Waals surface area contributed by atoms with Crippen LogP contribution in [0.15, 0.2) is 43.0 Å². The average molecular weight is 404 g/mol. The summed E-state index contributed by atoms with van der Waals surface area (Å²) in [5, 5.41) is 3.05. The average Bonchev–Trinajstić information content (AvgIpc) is 2.98. The third-order valence-electron chi connectivity index (χ3n) is 4.15. The Balaban J connectivity index is 1.54. The van der Waals surface area contributed by atoms with Crippen molar-refractivity contribution in [2.45, 2.75) is 19.6 Å². The molecule has 0 aliphatic heterocycles. The Morgan fingerprint density at radius 1 is 1.11 bits per heavy atom. The van der Waals surface area contributed by atoms with Gasteiger partial charge < -0.3 is 5.32 Å². The van der Waals surface area contributed by atoms with Crippen molar-refractivity contribution in [1.82, 2.24) is 24.2 Å². The van der Waals surface area contributed by atoms with E-state index < -0.39 is 15.8 Å². The molecular weight excluding hydrogens is 383 g/mol. The number of aromatic nitrogens is 4. The largest absolute Gasteiger partial charge is 0.369 e. The van der Waals surface area contributed by atoms with Crippen LogP contribution in [0.4, 0.5) is 10.2 Å². The van der Waals surface area contributed by atoms with Gasteiger partial charge in [-0.2, -0.15) is 0 Å². The summed E-state index contributed by atoms with van der Waals surface area (Å²) in [7, 11) is -3.56. The number of hydrogen-bond acceptors (Lipinski definition) is 6. The minimum absolute atomic E-state index is 0.167. The van der Waals surface area contributed by atoms with E-state index in [4.69, 9.17) is 0 Å². The molecule has 8 nitrogen and oxygen atoms in total. The summed E-state index contributed by atoms with van der Waals surface area (Å²) in [6, 6.07) is 7.30. The van der Waals surface area contributed by atoms with Crippen molar-refractivity contribution in [3.8, 4) is 5.82 Å². The Morgan fingerprint density at radius 3 is 2.64 bits per heavy atom. The van der Waals surface area contributed by atoms with E-state index in [0.29, 0.717) is 23.7 Å². The van der Waals surface area contributed by atoms with E-state index in [9.17, 15) is 12.8 Å². The monoisotopic (exact) mass is 404 g/mol. The summed E-state index contributed by atoms with van der Waals surface area (Å²) in [5.41, 5.74) is 2.29. The third kappa shape index (κ3) is 5.11. The van der Waals surface area contributed by atoms with Crippen LogP contribution in [0.5, 0.6) is 0 Å². The predicted molar refractivity (Wildman–Crippen MR) is 104 cm³/mol. The zero-order chi connectivity index (χ0) is 20.1. The highest BCUT2D eigenvalue weighted by Crippen LogP contribution is 2.13. The molecule has 0 aliphatic rings. The number of aryl methyl sites for hydroxylation is 1. The van der Waals surface area contributed by atoms with Gasteiger partial charge in [0.05, 0.1) is 11.4 Å². The maximum atomic E-state index is 13.2. The second-order valence-electron chi connectivity index (χ2n) is 6.26. The molecule has 148 valence electrons. The second-order valence-corrected chi connectivity index (χ2v) is 8.06. The van der Waals surface area contributed by atoms with E-state index >= 15 is 0 Å². The molecule has 2 heterocycles. The summed E-state index contributed by atoms with van der Waals surface area (Å²) < 4.78 is 41.7. The standard InChI is InChI=1S/C18H21FN6O2S/c1-13-14(2)25(12-23-13)18-9-17(21-11-22-18)20-6-7-24-28(26,27)10-15-4-3-5-16(19)8-15/h3-5,8-9,11-12,24H,6-7,10H2,1-2H3,(H,20,21,22). The van der Waals surface area contributed by atoms with Crippen LogP contribution in [-0.4, -0.2) is 41.0 Å². The molecule has 28 heavy (non-hydrogen) atoms. The van der Waals surface area contributed by atoms with Gasteiger partial charge in [0.2, 0.25) is 10.0 Å². The SMILES string of the molecule is Cc1ncn(-c2cc(NCCNS(=O)(=O)Cc3cccc(F)c3)ncn2)c1C. The van der Waals surface area contributed by atoms with Gasteiger partial charge in [-0.05, 0) is 31.5 Å². The van der Waals surface area contributed by atoms with Gasteiger partial charge in [0, 0.05) is 24.8 Å². The molecule has 0 atom stereocenters. The van der Waals surface area contributed by atoms with E-state index in [0.717, 1.165) is 11.4 Å². The maximum absolute atomic E-state index is 13.2. The molecular formula is C18H21FN6O2S. The summed E-state index contributed by atoms with van der Waals surface area (Å²) in [6.07, 6.45) is 3.12. The molecule has 3 aromatic rings. The molecule has 0 spiro atoms. The van der Waals surface area contributed by atoms with Crippen LogP contribution in [0.3, 0.4) is 0 Å². The summed E-state index contributed by atoms with van der Waals surface area (Å²) >= 11 is 0. The molecule has 10 heteroatoms. The van der Waals surface area contributed by atoms with Gasteiger partial charge >= 0.3 is 0 Å². The molecule has 0 unspecified atom stereocenters. The first-order chi connectivity index (χ1) is 13.3. The summed E-state index contributed by atoms with van der Waals surface area (Å²) in [4.78, 5) is 12.6. The molecule has 0 amide bonds. The third-order valence-corrected chi connectivity index (χ3v) is 5.51. The predicted octanol–water partition coefficient (Wildman–Crippen LogP) is 1.95. The summed E-state index contributed by atoms with van der Waals surface area (Å²) in [5.74, 6) is 0.501. The number of nitrogens with one attached hydrogen (secondary N) is 2. The topological polar surface area (TPSA) is 102 Å². The Kier molecular flexibility index (Phi) is 6.00. The fraction of sp³-hybridized carbons (Fsp3) is 0.278. The van der Waals surface area contributed by atoms with E-state index in [-0.39, 0.29) is 12.3 Å². The van der Waals surface area contributed by atoms with Crippen molar-refractivity contribution in [2.75, 3.05) is 18.4 Å². The lowest BCUT2D eigenvalue weighted by Gasteiger charge is -2.10. The fourth-order valence-electron chi connectivity index (χ4n) is 2.60. The van der Waals surface area contributed by atoms with Crippen molar-refractivity contribution >= 4 is 15.8 Å². The molecule has 0 bridgehead atoms. The fourth-order valence-corrected chi connectivity index (χ4v) is 3.73. The van der Waals surface area contributed by atoms with E-state index in [2.05, 4.69) is 25.0 Å². The van der Waals surface area contributed by atoms with Crippen molar-refractivity contribution < 1.29 is 12.8 Å². The smallest absolute Gasteiger partial charge is 0.215 e. The van der Waals surface area contributed by atoms with Gasteiger partial charge in [-0.3, -0.25) is 4.57 Å². The highest BCUT2D eigenvalue weighted by atomic mass is 32.2. The van der Waals surface area contributed by atoms with Crippen LogP contribution >= 0.6 is 0 Å². The van der Waals surface area contributed by atoms with Crippen molar-refractivity contribution in [3.05, 3.63) is 65.8 Å². The Morgan fingerprint density at radius 2 is 1.93 bits per heavy atom. The number of halogens is 1. The van der Waals surface area contributed by atoms with Crippen molar-refractivity contribution in [3.63, 3.8) is 0 Å². The lowest BCUT2D eigenvalue weighted by atomic mass is 10.2. The number of sulfonamides is 1. The van der Waals surface area contributed by atoms with Gasteiger partial charge in [0.15, 0.2) is 0 Å². The molecule has 2 aromatic heterocycles. The van der Waals surface area contributed by atoms with Gasteiger partial charge in [-0.15, -0.1) is 0 Å². The van der Waals surface area contributed by atoms with Crippen LogP contribution in [0, 0.1) is 19.7 Å². The lowest BCUT2D eigenvalue weighted by Crippen LogP contribution is -2.30. The number of rotatable bonds is 8. The molecule has 0 aliphatic carbocycles. The first-order valence-electron chi connectivity index (χ1n) is 8.63. The molecule has 0 radical (unpaired) electrons. The quantitative estimate of drug-likeness (QED) is 0.557. The van der Waals surface area contributed by atoms with Crippen LogP contribution in [0.25, 0.3) is 5.82 Å². The van der Waals surface area contributed by atoms with Crippen LogP contribution < -0.4 is 10.0 Å².